The van der Waals surface area contributed by atoms with Gasteiger partial charge in [0.15, 0.2) is 6.10 Å². The second-order valence-corrected chi connectivity index (χ2v) is 4.01. The number of nitrogens with zero attached hydrogens (tertiary/aromatic N) is 2. The Morgan fingerprint density at radius 3 is 2.95 bits per heavy atom. The summed E-state index contributed by atoms with van der Waals surface area (Å²) in [6.45, 7) is 1.14. The molecule has 0 saturated carbocycles. The van der Waals surface area contributed by atoms with Crippen LogP contribution < -0.4 is 10.6 Å². The molecule has 0 aliphatic heterocycles. The SMILES string of the molecule is COCCn1cc(NC(=O)NCC[C@H](O)C(=O)O)cn1. The number of methoxy groups -OCH3 is 1. The van der Waals surface area contributed by atoms with E-state index in [0.717, 1.165) is 0 Å². The number of rotatable bonds is 8. The van der Waals surface area contributed by atoms with Crippen LogP contribution in [0.15, 0.2) is 12.4 Å². The fourth-order valence-electron chi connectivity index (χ4n) is 1.36. The number of aliphatic carboxylic acids is 1. The second-order valence-electron chi connectivity index (χ2n) is 4.01. The van der Waals surface area contributed by atoms with E-state index in [1.165, 1.54) is 6.20 Å². The van der Waals surface area contributed by atoms with E-state index < -0.39 is 18.1 Å². The Morgan fingerprint density at radius 1 is 1.55 bits per heavy atom. The summed E-state index contributed by atoms with van der Waals surface area (Å²) in [4.78, 5) is 21.8. The third-order valence-corrected chi connectivity index (χ3v) is 2.40. The molecule has 1 atom stereocenters. The van der Waals surface area contributed by atoms with E-state index in [9.17, 15) is 9.59 Å². The van der Waals surface area contributed by atoms with Crippen molar-refractivity contribution in [2.24, 2.45) is 0 Å². The second kappa shape index (κ2) is 8.12. The lowest BCUT2D eigenvalue weighted by atomic mass is 10.2. The monoisotopic (exact) mass is 286 g/mol. The van der Waals surface area contributed by atoms with Crippen molar-refractivity contribution in [2.45, 2.75) is 19.1 Å². The molecule has 0 saturated heterocycles. The zero-order chi connectivity index (χ0) is 15.0. The van der Waals surface area contributed by atoms with Gasteiger partial charge < -0.3 is 25.6 Å². The molecule has 4 N–H and O–H groups in total. The average molecular weight is 286 g/mol. The smallest absolute Gasteiger partial charge is 0.332 e. The largest absolute Gasteiger partial charge is 0.479 e. The van der Waals surface area contributed by atoms with Gasteiger partial charge in [0.2, 0.25) is 0 Å². The van der Waals surface area contributed by atoms with Gasteiger partial charge in [0.25, 0.3) is 0 Å². The standard InChI is InChI=1S/C11H18N4O5/c1-20-5-4-15-7-8(6-13-15)14-11(19)12-3-2-9(16)10(17)18/h6-7,9,16H,2-5H2,1H3,(H,17,18)(H2,12,14,19)/t9-/m0/s1. The van der Waals surface area contributed by atoms with Gasteiger partial charge in [-0.3, -0.25) is 4.68 Å². The highest BCUT2D eigenvalue weighted by Gasteiger charge is 2.12. The lowest BCUT2D eigenvalue weighted by Gasteiger charge is -2.07. The van der Waals surface area contributed by atoms with Crippen LogP contribution >= 0.6 is 0 Å². The highest BCUT2D eigenvalue weighted by molar-refractivity contribution is 5.88. The summed E-state index contributed by atoms with van der Waals surface area (Å²) < 4.78 is 6.52. The van der Waals surface area contributed by atoms with E-state index in [1.54, 1.807) is 18.0 Å². The van der Waals surface area contributed by atoms with Crippen LogP contribution in [-0.2, 0) is 16.1 Å². The number of carbonyl (C=O) groups is 2. The molecule has 0 unspecified atom stereocenters. The first kappa shape index (κ1) is 15.9. The predicted molar refractivity (Wildman–Crippen MR) is 69.4 cm³/mol. The van der Waals surface area contributed by atoms with Crippen molar-refractivity contribution >= 4 is 17.7 Å². The molecule has 9 nitrogen and oxygen atoms in total. The summed E-state index contributed by atoms with van der Waals surface area (Å²) in [5.41, 5.74) is 0.511. The van der Waals surface area contributed by atoms with Crippen molar-refractivity contribution in [2.75, 3.05) is 25.6 Å². The first-order valence-corrected chi connectivity index (χ1v) is 6.00. The highest BCUT2D eigenvalue weighted by atomic mass is 16.5. The molecule has 0 aromatic carbocycles. The van der Waals surface area contributed by atoms with E-state index >= 15 is 0 Å². The summed E-state index contributed by atoms with van der Waals surface area (Å²) in [5.74, 6) is -1.31. The minimum atomic E-state index is -1.48. The van der Waals surface area contributed by atoms with Gasteiger partial charge in [-0.25, -0.2) is 9.59 Å². The lowest BCUT2D eigenvalue weighted by Crippen LogP contribution is -2.32. The lowest BCUT2D eigenvalue weighted by molar-refractivity contribution is -0.146. The van der Waals surface area contributed by atoms with Crippen LogP contribution in [0.4, 0.5) is 10.5 Å². The molecular formula is C11H18N4O5. The Labute approximate surface area is 115 Å². The van der Waals surface area contributed by atoms with Crippen molar-refractivity contribution in [3.63, 3.8) is 0 Å². The Hall–Kier alpha value is -2.13. The quantitative estimate of drug-likeness (QED) is 0.510. The van der Waals surface area contributed by atoms with Gasteiger partial charge in [-0.05, 0) is 0 Å². The number of hydrogen-bond acceptors (Lipinski definition) is 5. The van der Waals surface area contributed by atoms with Crippen LogP contribution in [-0.4, -0.2) is 58.4 Å². The number of carboxylic acids is 1. The molecule has 0 radical (unpaired) electrons. The summed E-state index contributed by atoms with van der Waals surface area (Å²) in [7, 11) is 1.58. The summed E-state index contributed by atoms with van der Waals surface area (Å²) in [6, 6.07) is -0.492. The molecule has 0 spiro atoms. The molecule has 1 rings (SSSR count). The Balaban J connectivity index is 2.28. The van der Waals surface area contributed by atoms with Crippen LogP contribution in [0.1, 0.15) is 6.42 Å². The maximum absolute atomic E-state index is 11.5. The van der Waals surface area contributed by atoms with Gasteiger partial charge in [0, 0.05) is 26.3 Å². The zero-order valence-corrected chi connectivity index (χ0v) is 11.1. The Morgan fingerprint density at radius 2 is 2.30 bits per heavy atom. The van der Waals surface area contributed by atoms with Crippen molar-refractivity contribution in [1.29, 1.82) is 0 Å². The molecular weight excluding hydrogens is 268 g/mol. The van der Waals surface area contributed by atoms with Gasteiger partial charge in [-0.1, -0.05) is 0 Å². The van der Waals surface area contributed by atoms with Crippen LogP contribution in [0.2, 0.25) is 0 Å². The number of carbonyl (C=O) groups excluding carboxylic acids is 1. The minimum absolute atomic E-state index is 0.0527. The fraction of sp³-hybridized carbons (Fsp3) is 0.545. The molecule has 2 amide bonds. The molecule has 0 aliphatic rings. The van der Waals surface area contributed by atoms with Crippen LogP contribution in [0, 0.1) is 0 Å². The number of amides is 2. The first-order valence-electron chi connectivity index (χ1n) is 6.00. The number of aliphatic hydroxyl groups is 1. The molecule has 0 fully saturated rings. The third kappa shape index (κ3) is 5.67. The van der Waals surface area contributed by atoms with Gasteiger partial charge >= 0.3 is 12.0 Å². The molecule has 0 aliphatic carbocycles. The molecule has 20 heavy (non-hydrogen) atoms. The van der Waals surface area contributed by atoms with E-state index in [-0.39, 0.29) is 13.0 Å². The summed E-state index contributed by atoms with van der Waals surface area (Å²) >= 11 is 0. The number of carboxylic acid groups (broad SMARTS) is 1. The van der Waals surface area contributed by atoms with Crippen molar-refractivity contribution < 1.29 is 24.5 Å². The van der Waals surface area contributed by atoms with Gasteiger partial charge in [0.1, 0.15) is 0 Å². The van der Waals surface area contributed by atoms with Crippen LogP contribution in [0.3, 0.4) is 0 Å². The van der Waals surface area contributed by atoms with Crippen LogP contribution in [0.25, 0.3) is 0 Å². The Kier molecular flexibility index (Phi) is 6.47. The minimum Gasteiger partial charge on any atom is -0.479 e. The fourth-order valence-corrected chi connectivity index (χ4v) is 1.36. The van der Waals surface area contributed by atoms with E-state index in [1.807, 2.05) is 0 Å². The number of anilines is 1. The third-order valence-electron chi connectivity index (χ3n) is 2.40. The Bertz CT molecular complexity index is 448. The van der Waals surface area contributed by atoms with E-state index in [0.29, 0.717) is 18.8 Å². The topological polar surface area (TPSA) is 126 Å². The normalized spacial score (nSPS) is 11.9. The number of aliphatic hydroxyl groups excluding tert-OH is 1. The van der Waals surface area contributed by atoms with Gasteiger partial charge in [-0.2, -0.15) is 5.10 Å². The maximum atomic E-state index is 11.5. The number of ether oxygens (including phenoxy) is 1. The molecule has 1 aromatic heterocycles. The van der Waals surface area contributed by atoms with E-state index in [4.69, 9.17) is 14.9 Å². The summed E-state index contributed by atoms with van der Waals surface area (Å²) in [6.07, 6.45) is 1.59. The van der Waals surface area contributed by atoms with Gasteiger partial charge in [-0.15, -0.1) is 0 Å². The maximum Gasteiger partial charge on any atom is 0.332 e. The average Bonchev–Trinajstić information content (AvgIpc) is 2.83. The molecule has 112 valence electrons. The number of nitrogens with one attached hydrogen (secondary N) is 2. The van der Waals surface area contributed by atoms with Gasteiger partial charge in [0.05, 0.1) is 25.0 Å². The molecule has 0 bridgehead atoms. The zero-order valence-electron chi connectivity index (χ0n) is 11.1. The van der Waals surface area contributed by atoms with Crippen molar-refractivity contribution in [1.82, 2.24) is 15.1 Å². The van der Waals surface area contributed by atoms with Crippen LogP contribution in [0.5, 0.6) is 0 Å². The van der Waals surface area contributed by atoms with Crippen molar-refractivity contribution in [3.8, 4) is 0 Å². The molecule has 1 heterocycles. The predicted octanol–water partition coefficient (Wildman–Crippen LogP) is -0.513. The molecule has 9 heteroatoms. The van der Waals surface area contributed by atoms with Crippen molar-refractivity contribution in [3.05, 3.63) is 12.4 Å². The first-order chi connectivity index (χ1) is 9.52. The number of aromatic nitrogens is 2. The number of hydrogen-bond donors (Lipinski definition) is 4. The highest BCUT2D eigenvalue weighted by Crippen LogP contribution is 2.04. The summed E-state index contributed by atoms with van der Waals surface area (Å²) in [5, 5.41) is 26.5. The van der Waals surface area contributed by atoms with E-state index in [2.05, 4.69) is 15.7 Å². The molecule has 1 aromatic rings. The number of urea groups is 1.